The zero-order valence-electron chi connectivity index (χ0n) is 18.4. The minimum absolute atomic E-state index is 0.0615. The Kier molecular flexibility index (Phi) is 7.81. The Morgan fingerprint density at radius 3 is 2.52 bits per heavy atom. The van der Waals surface area contributed by atoms with E-state index in [0.717, 1.165) is 34.6 Å². The molecule has 0 unspecified atom stereocenters. The molecule has 0 saturated carbocycles. The van der Waals surface area contributed by atoms with Gasteiger partial charge in [-0.1, -0.05) is 84.6 Å². The summed E-state index contributed by atoms with van der Waals surface area (Å²) in [5.41, 5.74) is 3.08. The molecule has 4 rings (SSSR count). The van der Waals surface area contributed by atoms with Crippen LogP contribution < -0.4 is 9.47 Å². The minimum Gasteiger partial charge on any atom is -0.493 e. The molecule has 33 heavy (non-hydrogen) atoms. The summed E-state index contributed by atoms with van der Waals surface area (Å²) in [4.78, 5) is 15.2. The fourth-order valence-corrected chi connectivity index (χ4v) is 4.65. The van der Waals surface area contributed by atoms with Crippen molar-refractivity contribution in [3.8, 4) is 11.5 Å². The third-order valence-electron chi connectivity index (χ3n) is 5.12. The van der Waals surface area contributed by atoms with Gasteiger partial charge in [-0.25, -0.2) is 0 Å². The monoisotopic (exact) mass is 475 g/mol. The number of carbonyl (C=O) groups is 1. The lowest BCUT2D eigenvalue weighted by Gasteiger charge is -2.14. The molecule has 0 radical (unpaired) electrons. The van der Waals surface area contributed by atoms with E-state index in [0.29, 0.717) is 29.0 Å². The Balaban J connectivity index is 1.31. The SMILES string of the molecule is Cc1ccccc1OCCCOc1cccc(/C=C2\SC(=S)N(Cc3ccccc3)C2=O)c1. The molecule has 1 amide bonds. The van der Waals surface area contributed by atoms with Gasteiger partial charge in [-0.2, -0.15) is 0 Å². The van der Waals surface area contributed by atoms with E-state index in [4.69, 9.17) is 21.7 Å². The molecule has 6 heteroatoms. The van der Waals surface area contributed by atoms with E-state index in [9.17, 15) is 4.79 Å². The van der Waals surface area contributed by atoms with Crippen molar-refractivity contribution in [1.29, 1.82) is 0 Å². The minimum atomic E-state index is -0.0615. The van der Waals surface area contributed by atoms with Crippen LogP contribution in [0.2, 0.25) is 0 Å². The first kappa shape index (κ1) is 23.1. The lowest BCUT2D eigenvalue weighted by molar-refractivity contribution is -0.122. The first-order valence-electron chi connectivity index (χ1n) is 10.8. The second-order valence-electron chi connectivity index (χ2n) is 7.64. The van der Waals surface area contributed by atoms with Crippen LogP contribution in [0.4, 0.5) is 0 Å². The maximum absolute atomic E-state index is 12.9. The summed E-state index contributed by atoms with van der Waals surface area (Å²) in [5.74, 6) is 1.61. The van der Waals surface area contributed by atoms with Crippen molar-refractivity contribution in [1.82, 2.24) is 4.90 Å². The van der Waals surface area contributed by atoms with E-state index in [1.807, 2.05) is 91.9 Å². The van der Waals surface area contributed by atoms with Gasteiger partial charge in [0.25, 0.3) is 5.91 Å². The number of hydrogen-bond acceptors (Lipinski definition) is 5. The van der Waals surface area contributed by atoms with Gasteiger partial charge >= 0.3 is 0 Å². The fourth-order valence-electron chi connectivity index (χ4n) is 3.40. The number of hydrogen-bond donors (Lipinski definition) is 0. The molecule has 0 spiro atoms. The van der Waals surface area contributed by atoms with Gasteiger partial charge in [0.2, 0.25) is 0 Å². The normalized spacial score (nSPS) is 14.7. The molecule has 0 bridgehead atoms. The molecular formula is C27H25NO3S2. The van der Waals surface area contributed by atoms with Crippen LogP contribution in [0.25, 0.3) is 6.08 Å². The molecule has 4 nitrogen and oxygen atoms in total. The topological polar surface area (TPSA) is 38.8 Å². The molecule has 3 aromatic rings. The van der Waals surface area contributed by atoms with E-state index in [1.54, 1.807) is 4.90 Å². The molecule has 3 aromatic carbocycles. The molecule has 1 heterocycles. The molecule has 0 N–H and O–H groups in total. The van der Waals surface area contributed by atoms with Crippen LogP contribution in [0, 0.1) is 6.92 Å². The zero-order chi connectivity index (χ0) is 23.0. The van der Waals surface area contributed by atoms with Gasteiger partial charge in [0, 0.05) is 6.42 Å². The standard InChI is InChI=1S/C27H25NO3S2/c1-20-9-5-6-14-24(20)31-16-8-15-30-23-13-7-12-22(17-23)18-25-26(29)28(27(32)33-25)19-21-10-3-2-4-11-21/h2-7,9-14,17-18H,8,15-16,19H2,1H3/b25-18-. The maximum atomic E-state index is 12.9. The number of thioether (sulfide) groups is 1. The van der Waals surface area contributed by atoms with Crippen LogP contribution in [0.3, 0.4) is 0 Å². The summed E-state index contributed by atoms with van der Waals surface area (Å²) < 4.78 is 12.3. The molecular weight excluding hydrogens is 450 g/mol. The lowest BCUT2D eigenvalue weighted by atomic mass is 10.2. The molecule has 0 atom stereocenters. The number of para-hydroxylation sites is 1. The number of benzene rings is 3. The van der Waals surface area contributed by atoms with Gasteiger partial charge in [-0.15, -0.1) is 0 Å². The van der Waals surface area contributed by atoms with Crippen LogP contribution in [-0.2, 0) is 11.3 Å². The molecule has 1 aliphatic heterocycles. The quantitative estimate of drug-likeness (QED) is 0.208. The number of carbonyl (C=O) groups excluding carboxylic acids is 1. The first-order valence-corrected chi connectivity index (χ1v) is 12.0. The van der Waals surface area contributed by atoms with E-state index < -0.39 is 0 Å². The van der Waals surface area contributed by atoms with Crippen LogP contribution in [-0.4, -0.2) is 28.3 Å². The number of ether oxygens (including phenoxy) is 2. The van der Waals surface area contributed by atoms with Crippen molar-refractivity contribution in [2.45, 2.75) is 19.9 Å². The van der Waals surface area contributed by atoms with Crippen molar-refractivity contribution in [3.05, 3.63) is 100 Å². The van der Waals surface area contributed by atoms with Gasteiger partial charge < -0.3 is 9.47 Å². The Hall–Kier alpha value is -3.09. The number of amides is 1. The third-order valence-corrected chi connectivity index (χ3v) is 6.50. The summed E-state index contributed by atoms with van der Waals surface area (Å²) in [6.07, 6.45) is 2.65. The average molecular weight is 476 g/mol. The fraction of sp³-hybridized carbons (Fsp3) is 0.185. The summed E-state index contributed by atoms with van der Waals surface area (Å²) in [5, 5.41) is 0. The van der Waals surface area contributed by atoms with Crippen molar-refractivity contribution in [2.75, 3.05) is 13.2 Å². The molecule has 0 aromatic heterocycles. The van der Waals surface area contributed by atoms with Crippen LogP contribution in [0.5, 0.6) is 11.5 Å². The van der Waals surface area contributed by atoms with Gasteiger partial charge in [0.15, 0.2) is 0 Å². The van der Waals surface area contributed by atoms with Gasteiger partial charge in [-0.05, 0) is 47.9 Å². The average Bonchev–Trinajstić information content (AvgIpc) is 3.08. The van der Waals surface area contributed by atoms with Crippen LogP contribution in [0.15, 0.2) is 83.8 Å². The van der Waals surface area contributed by atoms with E-state index in [-0.39, 0.29) is 5.91 Å². The largest absolute Gasteiger partial charge is 0.493 e. The van der Waals surface area contributed by atoms with Crippen molar-refractivity contribution in [3.63, 3.8) is 0 Å². The third kappa shape index (κ3) is 6.24. The molecule has 168 valence electrons. The lowest BCUT2D eigenvalue weighted by Crippen LogP contribution is -2.27. The highest BCUT2D eigenvalue weighted by atomic mass is 32.2. The van der Waals surface area contributed by atoms with E-state index in [1.165, 1.54) is 11.8 Å². The molecule has 0 aliphatic carbocycles. The number of rotatable bonds is 9. The predicted octanol–water partition coefficient (Wildman–Crippen LogP) is 6.24. The summed E-state index contributed by atoms with van der Waals surface area (Å²) >= 11 is 6.79. The second kappa shape index (κ2) is 11.2. The van der Waals surface area contributed by atoms with Crippen molar-refractivity contribution >= 4 is 40.3 Å². The molecule has 1 saturated heterocycles. The number of thiocarbonyl (C=S) groups is 1. The Labute approximate surface area is 204 Å². The highest BCUT2D eigenvalue weighted by Gasteiger charge is 2.31. The molecule has 1 fully saturated rings. The zero-order valence-corrected chi connectivity index (χ0v) is 20.0. The second-order valence-corrected chi connectivity index (χ2v) is 9.32. The molecule has 1 aliphatic rings. The highest BCUT2D eigenvalue weighted by molar-refractivity contribution is 8.26. The Morgan fingerprint density at radius 1 is 0.939 bits per heavy atom. The van der Waals surface area contributed by atoms with Gasteiger partial charge in [0.05, 0.1) is 24.7 Å². The summed E-state index contributed by atoms with van der Waals surface area (Å²) in [7, 11) is 0. The Bertz CT molecular complexity index is 1160. The van der Waals surface area contributed by atoms with Crippen LogP contribution in [0.1, 0.15) is 23.1 Å². The van der Waals surface area contributed by atoms with Crippen molar-refractivity contribution in [2.24, 2.45) is 0 Å². The highest BCUT2D eigenvalue weighted by Crippen LogP contribution is 2.34. The van der Waals surface area contributed by atoms with Gasteiger partial charge in [-0.3, -0.25) is 9.69 Å². The summed E-state index contributed by atoms with van der Waals surface area (Å²) in [6.45, 7) is 3.66. The smallest absolute Gasteiger partial charge is 0.266 e. The number of nitrogens with zero attached hydrogens (tertiary/aromatic N) is 1. The van der Waals surface area contributed by atoms with E-state index >= 15 is 0 Å². The van der Waals surface area contributed by atoms with E-state index in [2.05, 4.69) is 0 Å². The van der Waals surface area contributed by atoms with Crippen LogP contribution >= 0.6 is 24.0 Å². The maximum Gasteiger partial charge on any atom is 0.266 e. The van der Waals surface area contributed by atoms with Gasteiger partial charge in [0.1, 0.15) is 15.8 Å². The number of aryl methyl sites for hydroxylation is 1. The summed E-state index contributed by atoms with van der Waals surface area (Å²) in [6, 6.07) is 25.6. The van der Waals surface area contributed by atoms with Crippen molar-refractivity contribution < 1.29 is 14.3 Å². The predicted molar refractivity (Wildman–Crippen MR) is 138 cm³/mol. The first-order chi connectivity index (χ1) is 16.1. The Morgan fingerprint density at radius 2 is 1.70 bits per heavy atom.